The van der Waals surface area contributed by atoms with Gasteiger partial charge in [-0.25, -0.2) is 0 Å². The van der Waals surface area contributed by atoms with Gasteiger partial charge in [-0.05, 0) is 44.5 Å². The number of Topliss-reactive ketones (excluding diaryl/α,β-unsaturated/α-hetero) is 1. The van der Waals surface area contributed by atoms with E-state index in [-0.39, 0.29) is 2.85 Å². The summed E-state index contributed by atoms with van der Waals surface area (Å²) in [6.45, 7) is -0.129. The van der Waals surface area contributed by atoms with Crippen molar-refractivity contribution in [2.45, 2.75) is 38.2 Å². The zero-order valence-electron chi connectivity index (χ0n) is 13.2. The van der Waals surface area contributed by atoms with Crippen LogP contribution in [0.3, 0.4) is 0 Å². The van der Waals surface area contributed by atoms with Crippen molar-refractivity contribution in [3.05, 3.63) is 24.3 Å². The second-order valence-corrected chi connectivity index (χ2v) is 6.37. The highest BCUT2D eigenvalue weighted by atomic mass is 19.1. The van der Waals surface area contributed by atoms with E-state index in [1.165, 1.54) is 17.9 Å². The van der Waals surface area contributed by atoms with Crippen LogP contribution < -0.4 is 9.64 Å². The molecule has 2 unspecified atom stereocenters. The number of carbonyl (C=O) groups excluding carboxylic acids is 1. The minimum atomic E-state index is -1.33. The van der Waals surface area contributed by atoms with Crippen molar-refractivity contribution in [3.8, 4) is 5.75 Å². The Labute approximate surface area is 133 Å². The van der Waals surface area contributed by atoms with Gasteiger partial charge in [-0.2, -0.15) is 4.39 Å². The number of rotatable bonds is 0. The van der Waals surface area contributed by atoms with Crippen LogP contribution in [0.5, 0.6) is 5.75 Å². The molecule has 4 rings (SSSR count). The molecule has 0 bridgehead atoms. The lowest BCUT2D eigenvalue weighted by atomic mass is 9.84. The van der Waals surface area contributed by atoms with Crippen LogP contribution in [0.25, 0.3) is 0 Å². The Morgan fingerprint density at radius 3 is 2.82 bits per heavy atom. The van der Waals surface area contributed by atoms with Crippen LogP contribution in [-0.2, 0) is 4.79 Å². The Hall–Kier alpha value is -1.62. The molecule has 5 heteroatoms. The van der Waals surface area contributed by atoms with E-state index in [1.807, 2.05) is 18.2 Å². The highest BCUT2D eigenvalue weighted by molar-refractivity contribution is 5.80. The molecule has 0 aromatic heterocycles. The van der Waals surface area contributed by atoms with Gasteiger partial charge in [0.15, 0.2) is 0 Å². The summed E-state index contributed by atoms with van der Waals surface area (Å²) < 4.78 is 17.7. The maximum absolute atomic E-state index is 12.8. The molecular formula is C17H27FN2O2. The molecule has 1 aromatic carbocycles. The number of fused-ring (bicyclic) bond motifs is 2. The first-order chi connectivity index (χ1) is 10.6. The minimum absolute atomic E-state index is 0. The minimum Gasteiger partial charge on any atom is -0.441 e. The number of halogens is 1. The second kappa shape index (κ2) is 6.24. The first kappa shape index (κ1) is 15.3. The van der Waals surface area contributed by atoms with E-state index < -0.39 is 6.48 Å². The third kappa shape index (κ3) is 2.95. The fourth-order valence-electron chi connectivity index (χ4n) is 3.57. The van der Waals surface area contributed by atoms with Gasteiger partial charge >= 0.3 is 6.48 Å². The third-order valence-electron chi connectivity index (χ3n) is 4.97. The lowest BCUT2D eigenvalue weighted by Gasteiger charge is -2.28. The zero-order valence-corrected chi connectivity index (χ0v) is 13.2. The summed E-state index contributed by atoms with van der Waals surface area (Å²) in [4.78, 5) is 14.9. The summed E-state index contributed by atoms with van der Waals surface area (Å²) in [6, 6.07) is 7.86. The van der Waals surface area contributed by atoms with Gasteiger partial charge in [-0.15, -0.1) is 0 Å². The van der Waals surface area contributed by atoms with Crippen molar-refractivity contribution >= 4 is 11.5 Å². The lowest BCUT2D eigenvalue weighted by molar-refractivity contribution is -0.122. The molecule has 1 aliphatic carbocycles. The van der Waals surface area contributed by atoms with Gasteiger partial charge in [-0.1, -0.05) is 12.1 Å². The smallest absolute Gasteiger partial charge is 0.321 e. The molecule has 0 N–H and O–H groups in total. The number of hydrogen-bond donors (Lipinski definition) is 0. The Bertz CT molecular complexity index is 561. The number of carbonyl (C=O) groups is 1. The summed E-state index contributed by atoms with van der Waals surface area (Å²) in [6.07, 6.45) is 4.12. The topological polar surface area (TPSA) is 32.8 Å². The maximum atomic E-state index is 12.8. The Morgan fingerprint density at radius 1 is 1.27 bits per heavy atom. The molecule has 22 heavy (non-hydrogen) atoms. The maximum Gasteiger partial charge on any atom is 0.321 e. The predicted octanol–water partition coefficient (Wildman–Crippen LogP) is 3.32. The summed E-state index contributed by atoms with van der Waals surface area (Å²) >= 11 is 0. The van der Waals surface area contributed by atoms with E-state index >= 15 is 0 Å². The van der Waals surface area contributed by atoms with Crippen molar-refractivity contribution in [3.63, 3.8) is 0 Å². The molecule has 3 atom stereocenters. The molecule has 124 valence electrons. The molecule has 1 saturated carbocycles. The SMILES string of the molecule is CN1CCC2CCC(=O)CC21.CN1c2ccccc2O[C@H]1F.[HH].[HH]. The molecule has 0 spiro atoms. The van der Waals surface area contributed by atoms with Crippen LogP contribution in [0.15, 0.2) is 24.3 Å². The van der Waals surface area contributed by atoms with Gasteiger partial charge in [0.1, 0.15) is 11.5 Å². The van der Waals surface area contributed by atoms with Gasteiger partial charge in [0.2, 0.25) is 0 Å². The van der Waals surface area contributed by atoms with Crippen LogP contribution in [-0.4, -0.2) is 43.8 Å². The van der Waals surface area contributed by atoms with Crippen molar-refractivity contribution in [1.82, 2.24) is 4.90 Å². The van der Waals surface area contributed by atoms with E-state index in [0.29, 0.717) is 17.6 Å². The molecule has 2 heterocycles. The van der Waals surface area contributed by atoms with Crippen molar-refractivity contribution in [2.75, 3.05) is 25.5 Å². The number of benzene rings is 1. The largest absolute Gasteiger partial charge is 0.441 e. The number of para-hydroxylation sites is 2. The van der Waals surface area contributed by atoms with Crippen LogP contribution >= 0.6 is 0 Å². The molecule has 0 amide bonds. The van der Waals surface area contributed by atoms with E-state index in [2.05, 4.69) is 11.9 Å². The highest BCUT2D eigenvalue weighted by Gasteiger charge is 2.36. The highest BCUT2D eigenvalue weighted by Crippen LogP contribution is 2.35. The van der Waals surface area contributed by atoms with Crippen LogP contribution in [0.2, 0.25) is 0 Å². The number of hydrogen-bond acceptors (Lipinski definition) is 4. The van der Waals surface area contributed by atoms with E-state index in [4.69, 9.17) is 4.74 Å². The van der Waals surface area contributed by atoms with Crippen LogP contribution in [0.4, 0.5) is 10.1 Å². The molecule has 4 nitrogen and oxygen atoms in total. The fourth-order valence-corrected chi connectivity index (χ4v) is 3.57. The van der Waals surface area contributed by atoms with Gasteiger partial charge in [0.25, 0.3) is 0 Å². The summed E-state index contributed by atoms with van der Waals surface area (Å²) in [5.41, 5.74) is 0.806. The standard InChI is InChI=1S/C9H15NO.C8H8FNO.2H2/c1-10-5-4-7-2-3-8(11)6-9(7)10;1-10-6-4-2-3-5-7(6)11-8(10)9;;/h7,9H,2-6H2,1H3;2-5,8H,1H3;2*1H/t;8-;;/m.0../s1. The fraction of sp³-hybridized carbons (Fsp3) is 0.588. The van der Waals surface area contributed by atoms with Crippen molar-refractivity contribution in [1.29, 1.82) is 0 Å². The molecular weight excluding hydrogens is 283 g/mol. The number of anilines is 1. The molecule has 1 aromatic rings. The monoisotopic (exact) mass is 310 g/mol. The number of likely N-dealkylation sites (tertiary alicyclic amines) is 1. The van der Waals surface area contributed by atoms with Gasteiger partial charge < -0.3 is 14.5 Å². The number of ketones is 1. The Balaban J connectivity index is 0.000000222. The molecule has 2 fully saturated rings. The normalized spacial score (nSPS) is 30.2. The van der Waals surface area contributed by atoms with Crippen LogP contribution in [0.1, 0.15) is 28.5 Å². The molecule has 2 aliphatic heterocycles. The average molecular weight is 310 g/mol. The lowest BCUT2D eigenvalue weighted by Crippen LogP contribution is -2.35. The third-order valence-corrected chi connectivity index (χ3v) is 4.97. The summed E-state index contributed by atoms with van der Waals surface area (Å²) in [5, 5.41) is 0. The quantitative estimate of drug-likeness (QED) is 0.688. The molecule has 1 saturated heterocycles. The summed E-state index contributed by atoms with van der Waals surface area (Å²) in [7, 11) is 3.81. The van der Waals surface area contributed by atoms with Gasteiger partial charge in [0, 0.05) is 28.8 Å². The first-order valence-electron chi connectivity index (χ1n) is 7.91. The first-order valence-corrected chi connectivity index (χ1v) is 7.91. The van der Waals surface area contributed by atoms with Crippen molar-refractivity contribution in [2.24, 2.45) is 5.92 Å². The van der Waals surface area contributed by atoms with E-state index in [9.17, 15) is 9.18 Å². The average Bonchev–Trinajstić information content (AvgIpc) is 3.02. The van der Waals surface area contributed by atoms with E-state index in [0.717, 1.165) is 30.9 Å². The van der Waals surface area contributed by atoms with E-state index in [1.54, 1.807) is 13.1 Å². The second-order valence-electron chi connectivity index (χ2n) is 6.37. The summed E-state index contributed by atoms with van der Waals surface area (Å²) in [5.74, 6) is 1.92. The van der Waals surface area contributed by atoms with Gasteiger partial charge in [0.05, 0.1) is 5.69 Å². The van der Waals surface area contributed by atoms with Crippen LogP contribution in [0, 0.1) is 5.92 Å². The zero-order chi connectivity index (χ0) is 15.7. The van der Waals surface area contributed by atoms with Gasteiger partial charge in [-0.3, -0.25) is 4.79 Å². The number of ether oxygens (including phenoxy) is 1. The number of alkyl halides is 1. The predicted molar refractivity (Wildman–Crippen MR) is 88.0 cm³/mol. The number of nitrogens with zero attached hydrogens (tertiary/aromatic N) is 2. The Morgan fingerprint density at radius 2 is 2.05 bits per heavy atom. The van der Waals surface area contributed by atoms with Crippen molar-refractivity contribution < 1.29 is 16.8 Å². The molecule has 3 aliphatic rings. The Kier molecular flexibility index (Phi) is 4.34. The molecule has 0 radical (unpaired) electrons.